The molecule has 2 heteroatoms. The molecule has 0 aromatic rings. The second kappa shape index (κ2) is 3.34. The fraction of sp³-hybridized carbons (Fsp3) is 0.833. The van der Waals surface area contributed by atoms with Crippen LogP contribution in [0.4, 0.5) is 0 Å². The van der Waals surface area contributed by atoms with Gasteiger partial charge in [0.15, 0.2) is 0 Å². The molecule has 3 aliphatic rings. The Hall–Kier alpha value is 0.180. The molecule has 1 nitrogen and oxygen atoms in total. The summed E-state index contributed by atoms with van der Waals surface area (Å²) < 4.78 is 1.14. The summed E-state index contributed by atoms with van der Waals surface area (Å²) >= 11 is 3.47. The lowest BCUT2D eigenvalue weighted by Gasteiger charge is -2.22. The maximum Gasteiger partial charge on any atom is 0.0294 e. The monoisotopic (exact) mass is 255 g/mol. The van der Waals surface area contributed by atoms with Crippen LogP contribution >= 0.6 is 15.9 Å². The average Bonchev–Trinajstić information content (AvgIpc) is 2.69. The first kappa shape index (κ1) is 9.41. The molecule has 1 saturated heterocycles. The van der Waals surface area contributed by atoms with Crippen molar-refractivity contribution >= 4 is 15.9 Å². The summed E-state index contributed by atoms with van der Waals surface area (Å²) in [6, 6.07) is 0. The Balaban J connectivity index is 1.68. The van der Waals surface area contributed by atoms with Gasteiger partial charge in [0.1, 0.15) is 0 Å². The molecule has 0 amide bonds. The van der Waals surface area contributed by atoms with Gasteiger partial charge in [0.25, 0.3) is 0 Å². The Morgan fingerprint density at radius 1 is 1.21 bits per heavy atom. The van der Waals surface area contributed by atoms with E-state index in [1.807, 2.05) is 0 Å². The molecule has 0 radical (unpaired) electrons. The van der Waals surface area contributed by atoms with Crippen molar-refractivity contribution in [1.82, 2.24) is 4.90 Å². The van der Waals surface area contributed by atoms with Crippen molar-refractivity contribution in [1.29, 1.82) is 0 Å². The largest absolute Gasteiger partial charge is 0.298 e. The molecule has 14 heavy (non-hydrogen) atoms. The summed E-state index contributed by atoms with van der Waals surface area (Å²) in [7, 11) is 0. The highest BCUT2D eigenvalue weighted by Crippen LogP contribution is 2.55. The summed E-state index contributed by atoms with van der Waals surface area (Å²) in [6.45, 7) is 7.69. The summed E-state index contributed by atoms with van der Waals surface area (Å²) in [5.41, 5.74) is 0. The van der Waals surface area contributed by atoms with Gasteiger partial charge in [-0.25, -0.2) is 0 Å². The normalized spacial score (nSPS) is 45.8. The zero-order valence-electron chi connectivity index (χ0n) is 8.58. The zero-order valence-corrected chi connectivity index (χ0v) is 10.2. The molecule has 3 fully saturated rings. The van der Waals surface area contributed by atoms with E-state index < -0.39 is 0 Å². The van der Waals surface area contributed by atoms with Crippen molar-refractivity contribution in [2.45, 2.75) is 19.3 Å². The zero-order chi connectivity index (χ0) is 9.71. The molecule has 2 aliphatic carbocycles. The third-order valence-corrected chi connectivity index (χ3v) is 4.86. The van der Waals surface area contributed by atoms with Crippen LogP contribution in [0.15, 0.2) is 11.1 Å². The van der Waals surface area contributed by atoms with E-state index in [0.29, 0.717) is 0 Å². The molecule has 0 aromatic carbocycles. The van der Waals surface area contributed by atoms with Crippen LogP contribution in [0.3, 0.4) is 0 Å². The summed E-state index contributed by atoms with van der Waals surface area (Å²) in [4.78, 5) is 2.59. The van der Waals surface area contributed by atoms with Crippen molar-refractivity contribution in [3.05, 3.63) is 11.1 Å². The Bertz CT molecular complexity index is 245. The molecule has 0 spiro atoms. The molecule has 0 N–H and O–H groups in total. The minimum atomic E-state index is 1.04. The van der Waals surface area contributed by atoms with E-state index >= 15 is 0 Å². The van der Waals surface area contributed by atoms with Crippen molar-refractivity contribution in [2.24, 2.45) is 23.7 Å². The van der Waals surface area contributed by atoms with Gasteiger partial charge in [-0.05, 0) is 42.9 Å². The lowest BCUT2D eigenvalue weighted by molar-refractivity contribution is 0.281. The van der Waals surface area contributed by atoms with Gasteiger partial charge in [0.05, 0.1) is 0 Å². The molecule has 78 valence electrons. The van der Waals surface area contributed by atoms with Gasteiger partial charge in [-0.1, -0.05) is 22.5 Å². The van der Waals surface area contributed by atoms with E-state index in [0.717, 1.165) is 34.7 Å². The SMILES string of the molecule is C=C(Br)CN1CC2C3CCC(C3)C2C1. The van der Waals surface area contributed by atoms with Crippen LogP contribution in [0.2, 0.25) is 0 Å². The lowest BCUT2D eigenvalue weighted by Crippen LogP contribution is -2.23. The number of fused-ring (bicyclic) bond motifs is 5. The smallest absolute Gasteiger partial charge is 0.0294 e. The van der Waals surface area contributed by atoms with E-state index in [9.17, 15) is 0 Å². The highest BCUT2D eigenvalue weighted by Gasteiger charge is 2.51. The van der Waals surface area contributed by atoms with Gasteiger partial charge in [0, 0.05) is 24.1 Å². The van der Waals surface area contributed by atoms with E-state index in [1.165, 1.54) is 25.9 Å². The maximum absolute atomic E-state index is 3.94. The topological polar surface area (TPSA) is 3.24 Å². The highest BCUT2D eigenvalue weighted by atomic mass is 79.9. The van der Waals surface area contributed by atoms with Gasteiger partial charge in [-0.15, -0.1) is 0 Å². The first-order valence-corrected chi connectivity index (χ1v) is 6.59. The van der Waals surface area contributed by atoms with Gasteiger partial charge in [-0.2, -0.15) is 0 Å². The average molecular weight is 256 g/mol. The molecule has 4 atom stereocenters. The minimum Gasteiger partial charge on any atom is -0.298 e. The molecule has 0 aromatic heterocycles. The van der Waals surface area contributed by atoms with Crippen LogP contribution in [0.1, 0.15) is 19.3 Å². The second-order valence-electron chi connectivity index (χ2n) is 5.37. The Morgan fingerprint density at radius 3 is 2.29 bits per heavy atom. The molecule has 3 rings (SSSR count). The maximum atomic E-state index is 3.94. The Labute approximate surface area is 94.7 Å². The second-order valence-corrected chi connectivity index (χ2v) is 6.49. The number of likely N-dealkylation sites (tertiary alicyclic amines) is 1. The van der Waals surface area contributed by atoms with Crippen molar-refractivity contribution in [3.63, 3.8) is 0 Å². The van der Waals surface area contributed by atoms with Gasteiger partial charge in [-0.3, -0.25) is 4.90 Å². The first-order chi connectivity index (χ1) is 6.74. The molecular weight excluding hydrogens is 238 g/mol. The van der Waals surface area contributed by atoms with Gasteiger partial charge < -0.3 is 0 Å². The van der Waals surface area contributed by atoms with Crippen LogP contribution < -0.4 is 0 Å². The van der Waals surface area contributed by atoms with Crippen LogP contribution in [-0.2, 0) is 0 Å². The predicted molar refractivity (Wildman–Crippen MR) is 62.3 cm³/mol. The number of hydrogen-bond acceptors (Lipinski definition) is 1. The van der Waals surface area contributed by atoms with Crippen LogP contribution in [-0.4, -0.2) is 24.5 Å². The predicted octanol–water partition coefficient (Wildman–Crippen LogP) is 2.87. The number of nitrogens with zero attached hydrogens (tertiary/aromatic N) is 1. The molecule has 1 aliphatic heterocycles. The van der Waals surface area contributed by atoms with E-state index in [4.69, 9.17) is 0 Å². The van der Waals surface area contributed by atoms with Crippen molar-refractivity contribution < 1.29 is 0 Å². The number of halogens is 1. The standard InChI is InChI=1S/C12H18BrN/c1-8(13)5-14-6-11-9-2-3-10(4-9)12(11)7-14/h9-12H,1-7H2. The summed E-state index contributed by atoms with van der Waals surface area (Å²) in [5.74, 6) is 4.25. The lowest BCUT2D eigenvalue weighted by atomic mass is 9.82. The molecule has 4 unspecified atom stereocenters. The third kappa shape index (κ3) is 1.38. The molecular formula is C12H18BrN. The molecule has 2 saturated carbocycles. The van der Waals surface area contributed by atoms with Crippen LogP contribution in [0.5, 0.6) is 0 Å². The van der Waals surface area contributed by atoms with Gasteiger partial charge in [0.2, 0.25) is 0 Å². The van der Waals surface area contributed by atoms with Gasteiger partial charge >= 0.3 is 0 Å². The molecule has 1 heterocycles. The Morgan fingerprint density at radius 2 is 1.79 bits per heavy atom. The number of rotatable bonds is 2. The fourth-order valence-electron chi connectivity index (χ4n) is 4.14. The van der Waals surface area contributed by atoms with Crippen molar-refractivity contribution in [2.75, 3.05) is 19.6 Å². The summed E-state index contributed by atoms with van der Waals surface area (Å²) in [6.07, 6.45) is 4.60. The summed E-state index contributed by atoms with van der Waals surface area (Å²) in [5, 5.41) is 0. The Kier molecular flexibility index (Phi) is 2.25. The van der Waals surface area contributed by atoms with Crippen molar-refractivity contribution in [3.8, 4) is 0 Å². The van der Waals surface area contributed by atoms with E-state index in [1.54, 1.807) is 6.42 Å². The first-order valence-electron chi connectivity index (χ1n) is 5.79. The van der Waals surface area contributed by atoms with Crippen LogP contribution in [0.25, 0.3) is 0 Å². The van der Waals surface area contributed by atoms with E-state index in [2.05, 4.69) is 27.4 Å². The third-order valence-electron chi connectivity index (χ3n) is 4.61. The highest BCUT2D eigenvalue weighted by molar-refractivity contribution is 9.11. The number of hydrogen-bond donors (Lipinski definition) is 0. The quantitative estimate of drug-likeness (QED) is 0.734. The minimum absolute atomic E-state index is 1.04. The molecule has 2 bridgehead atoms. The van der Waals surface area contributed by atoms with Crippen LogP contribution in [0, 0.1) is 23.7 Å². The van der Waals surface area contributed by atoms with E-state index in [-0.39, 0.29) is 0 Å². The fourth-order valence-corrected chi connectivity index (χ4v) is 4.50.